The largest absolute Gasteiger partial charge is 0.434 e. The van der Waals surface area contributed by atoms with Crippen LogP contribution < -0.4 is 4.74 Å². The van der Waals surface area contributed by atoms with Crippen LogP contribution in [0, 0.1) is 11.3 Å². The molecule has 0 radical (unpaired) electrons. The molecule has 39 heavy (non-hydrogen) atoms. The molecule has 0 saturated heterocycles. The summed E-state index contributed by atoms with van der Waals surface area (Å²) in [6.45, 7) is -3.02. The number of carbonyl (C=O) groups is 1. The molecule has 1 amide bonds. The van der Waals surface area contributed by atoms with Crippen molar-refractivity contribution in [3.8, 4) is 22.9 Å². The highest BCUT2D eigenvalue weighted by atomic mass is 19.3. The average molecular weight is 531 g/mol. The van der Waals surface area contributed by atoms with Crippen LogP contribution in [0.15, 0.2) is 48.8 Å². The van der Waals surface area contributed by atoms with Crippen molar-refractivity contribution in [3.63, 3.8) is 0 Å². The summed E-state index contributed by atoms with van der Waals surface area (Å²) in [7, 11) is 1.71. The Morgan fingerprint density at radius 1 is 1.18 bits per heavy atom. The minimum absolute atomic E-state index is 0.00960. The lowest BCUT2D eigenvalue weighted by molar-refractivity contribution is -0.0507. The molecule has 198 valence electrons. The number of aliphatic hydroxyl groups excluding tert-OH is 1. The lowest BCUT2D eigenvalue weighted by atomic mass is 9.97. The number of rotatable bonds is 7. The summed E-state index contributed by atoms with van der Waals surface area (Å²) < 4.78 is 33.5. The Kier molecular flexibility index (Phi) is 6.19. The molecular formula is C28H24F2N6O3. The average Bonchev–Trinajstić information content (AvgIpc) is 3.45. The van der Waals surface area contributed by atoms with E-state index in [9.17, 15) is 18.7 Å². The molecule has 0 spiro atoms. The topological polar surface area (TPSA) is 117 Å². The van der Waals surface area contributed by atoms with E-state index >= 15 is 0 Å². The van der Waals surface area contributed by atoms with E-state index < -0.39 is 18.8 Å². The van der Waals surface area contributed by atoms with E-state index in [1.807, 2.05) is 28.8 Å². The number of hydrogen-bond acceptors (Lipinski definition) is 7. The van der Waals surface area contributed by atoms with Crippen molar-refractivity contribution in [1.82, 2.24) is 24.4 Å². The quantitative estimate of drug-likeness (QED) is 0.376. The molecule has 2 aromatic carbocycles. The third kappa shape index (κ3) is 4.27. The molecule has 4 heterocycles. The maximum absolute atomic E-state index is 13.3. The zero-order chi connectivity index (χ0) is 27.3. The van der Waals surface area contributed by atoms with Crippen molar-refractivity contribution in [2.75, 3.05) is 7.05 Å². The summed E-state index contributed by atoms with van der Waals surface area (Å²) in [5, 5.41) is 18.5. The minimum Gasteiger partial charge on any atom is -0.434 e. The number of nitriles is 1. The van der Waals surface area contributed by atoms with Gasteiger partial charge >= 0.3 is 6.61 Å². The van der Waals surface area contributed by atoms with Crippen molar-refractivity contribution in [3.05, 3.63) is 71.6 Å². The highest BCUT2D eigenvalue weighted by Crippen LogP contribution is 2.50. The van der Waals surface area contributed by atoms with Crippen LogP contribution in [0.5, 0.6) is 5.75 Å². The summed E-state index contributed by atoms with van der Waals surface area (Å²) in [6, 6.07) is 11.7. The van der Waals surface area contributed by atoms with Gasteiger partial charge in [-0.25, -0.2) is 15.0 Å². The number of halogens is 2. The van der Waals surface area contributed by atoms with Gasteiger partial charge in [-0.1, -0.05) is 12.1 Å². The van der Waals surface area contributed by atoms with Gasteiger partial charge in [-0.05, 0) is 36.2 Å². The van der Waals surface area contributed by atoms with E-state index in [1.54, 1.807) is 36.5 Å². The lowest BCUT2D eigenvalue weighted by Crippen LogP contribution is -2.30. The standard InChI is InChI=1S/C28H24F2N6O3/c1-35-22-12-21(25-18(27(35)38)3-2-4-23(25)39-28(29)30)36-20-11-15(5-7-19(20)34-26(22)36)16-13-32-24(33-14-16)8-6-17(37)9-10-31/h2-5,7,11,13-14,17,21-22,28,37H,6,8-9,12H2,1H3/t17?,21-,22-/m1/s1. The van der Waals surface area contributed by atoms with Crippen molar-refractivity contribution < 1.29 is 23.4 Å². The van der Waals surface area contributed by atoms with Gasteiger partial charge < -0.3 is 19.3 Å². The Balaban J connectivity index is 1.40. The number of fused-ring (bicyclic) bond motifs is 9. The maximum atomic E-state index is 13.3. The first-order chi connectivity index (χ1) is 18.9. The number of aromatic nitrogens is 4. The molecule has 9 nitrogen and oxygen atoms in total. The molecule has 0 fully saturated rings. The van der Waals surface area contributed by atoms with Gasteiger partial charge in [0.05, 0.1) is 41.7 Å². The SMILES string of the molecule is CN1C(=O)c2cccc(OC(F)F)c2[C@H]2C[C@@H]1c1nc3ccc(-c4cnc(CCC(O)CC#N)nc4)cc3n12. The number of imidazole rings is 1. The van der Waals surface area contributed by atoms with Crippen molar-refractivity contribution >= 4 is 16.9 Å². The number of carbonyl (C=O) groups excluding carboxylic acids is 1. The zero-order valence-electron chi connectivity index (χ0n) is 21.0. The van der Waals surface area contributed by atoms with Crippen LogP contribution in [0.1, 0.15) is 58.9 Å². The molecule has 0 saturated carbocycles. The second-order valence-electron chi connectivity index (χ2n) is 9.77. The minimum atomic E-state index is -3.02. The van der Waals surface area contributed by atoms with Crippen LogP contribution >= 0.6 is 0 Å². The predicted octanol–water partition coefficient (Wildman–Crippen LogP) is 4.42. The molecule has 1 unspecified atom stereocenters. The molecule has 2 aliphatic rings. The normalized spacial score (nSPS) is 18.6. The molecule has 2 aliphatic heterocycles. The molecule has 1 N–H and O–H groups in total. The van der Waals surface area contributed by atoms with Crippen LogP contribution in [0.25, 0.3) is 22.2 Å². The first-order valence-electron chi connectivity index (χ1n) is 12.6. The van der Waals surface area contributed by atoms with E-state index in [-0.39, 0.29) is 24.1 Å². The fraction of sp³-hybridized carbons (Fsp3) is 0.321. The van der Waals surface area contributed by atoms with E-state index in [2.05, 4.69) is 9.97 Å². The number of aliphatic hydroxyl groups is 1. The van der Waals surface area contributed by atoms with Crippen molar-refractivity contribution in [2.45, 2.75) is 50.5 Å². The molecular weight excluding hydrogens is 506 g/mol. The highest BCUT2D eigenvalue weighted by Gasteiger charge is 2.45. The smallest absolute Gasteiger partial charge is 0.387 e. The van der Waals surface area contributed by atoms with E-state index in [4.69, 9.17) is 15.0 Å². The van der Waals surface area contributed by atoms with Gasteiger partial charge in [-0.3, -0.25) is 4.79 Å². The van der Waals surface area contributed by atoms with Gasteiger partial charge in [0, 0.05) is 49.0 Å². The summed E-state index contributed by atoms with van der Waals surface area (Å²) in [5.74, 6) is 1.00. The highest BCUT2D eigenvalue weighted by molar-refractivity contribution is 5.98. The summed E-state index contributed by atoms with van der Waals surface area (Å²) in [5.41, 5.74) is 3.94. The Morgan fingerprint density at radius 2 is 1.97 bits per heavy atom. The van der Waals surface area contributed by atoms with E-state index in [1.165, 1.54) is 6.07 Å². The molecule has 6 rings (SSSR count). The Hall–Kier alpha value is -4.43. The monoisotopic (exact) mass is 530 g/mol. The first kappa shape index (κ1) is 24.9. The molecule has 4 aromatic rings. The van der Waals surface area contributed by atoms with Gasteiger partial charge in [0.15, 0.2) is 0 Å². The zero-order valence-corrected chi connectivity index (χ0v) is 21.0. The van der Waals surface area contributed by atoms with Crippen molar-refractivity contribution in [1.29, 1.82) is 5.26 Å². The molecule has 11 heteroatoms. The number of benzene rings is 2. The third-order valence-electron chi connectivity index (χ3n) is 7.47. The second kappa shape index (κ2) is 9.71. The third-order valence-corrected chi connectivity index (χ3v) is 7.47. The predicted molar refractivity (Wildman–Crippen MR) is 136 cm³/mol. The Bertz CT molecular complexity index is 1610. The van der Waals surface area contributed by atoms with Gasteiger partial charge in [0.2, 0.25) is 0 Å². The fourth-order valence-electron chi connectivity index (χ4n) is 5.59. The molecule has 2 aromatic heterocycles. The number of alkyl halides is 2. The lowest BCUT2D eigenvalue weighted by Gasteiger charge is -2.24. The van der Waals surface area contributed by atoms with E-state index in [0.29, 0.717) is 42.0 Å². The van der Waals surface area contributed by atoms with Crippen LogP contribution in [-0.2, 0) is 6.42 Å². The van der Waals surface area contributed by atoms with Crippen LogP contribution in [0.4, 0.5) is 8.78 Å². The molecule has 3 atom stereocenters. The van der Waals surface area contributed by atoms with E-state index in [0.717, 1.165) is 22.2 Å². The van der Waals surface area contributed by atoms with Gasteiger partial charge in [0.1, 0.15) is 17.4 Å². The first-order valence-corrected chi connectivity index (χ1v) is 12.6. The summed E-state index contributed by atoms with van der Waals surface area (Å²) in [6.07, 6.45) is 4.13. The van der Waals surface area contributed by atoms with Crippen molar-refractivity contribution in [2.24, 2.45) is 0 Å². The van der Waals surface area contributed by atoms with Gasteiger partial charge in [-0.15, -0.1) is 0 Å². The van der Waals surface area contributed by atoms with Crippen LogP contribution in [-0.4, -0.2) is 55.2 Å². The maximum Gasteiger partial charge on any atom is 0.387 e. The second-order valence-corrected chi connectivity index (χ2v) is 9.77. The summed E-state index contributed by atoms with van der Waals surface area (Å²) in [4.78, 5) is 28.6. The Labute approximate surface area is 222 Å². The number of amides is 1. The van der Waals surface area contributed by atoms with Crippen LogP contribution in [0.2, 0.25) is 0 Å². The summed E-state index contributed by atoms with van der Waals surface area (Å²) >= 11 is 0. The number of hydrogen-bond donors (Lipinski definition) is 1. The van der Waals surface area contributed by atoms with Gasteiger partial charge in [-0.2, -0.15) is 14.0 Å². The Morgan fingerprint density at radius 3 is 2.72 bits per heavy atom. The van der Waals surface area contributed by atoms with Gasteiger partial charge in [0.25, 0.3) is 5.91 Å². The molecule has 0 aliphatic carbocycles. The number of aryl methyl sites for hydroxylation is 1. The van der Waals surface area contributed by atoms with Crippen LogP contribution in [0.3, 0.4) is 0 Å². The fourth-order valence-corrected chi connectivity index (χ4v) is 5.59. The number of ether oxygens (including phenoxy) is 1. The number of nitrogens with zero attached hydrogens (tertiary/aromatic N) is 6. The molecule has 2 bridgehead atoms.